The van der Waals surface area contributed by atoms with E-state index in [-0.39, 0.29) is 0 Å². The molecule has 100 valence electrons. The number of aryl methyl sites for hydroxylation is 1. The fraction of sp³-hybridized carbons (Fsp3) is 0.714. The molecule has 4 heteroatoms. The van der Waals surface area contributed by atoms with Gasteiger partial charge in [0.1, 0.15) is 12.1 Å². The topological polar surface area (TPSA) is 58.0 Å². The van der Waals surface area contributed by atoms with Crippen LogP contribution < -0.4 is 5.32 Å². The number of nitrogens with zero attached hydrogens (tertiary/aromatic N) is 2. The lowest BCUT2D eigenvalue weighted by Crippen LogP contribution is -2.35. The van der Waals surface area contributed by atoms with Crippen LogP contribution in [0.2, 0.25) is 0 Å². The van der Waals surface area contributed by atoms with Gasteiger partial charge in [-0.25, -0.2) is 9.97 Å². The lowest BCUT2D eigenvalue weighted by Gasteiger charge is -2.26. The molecule has 2 N–H and O–H groups in total. The Labute approximate surface area is 109 Å². The molecule has 0 fully saturated rings. The Hall–Kier alpha value is -1.16. The second-order valence-electron chi connectivity index (χ2n) is 5.95. The minimum atomic E-state index is -0.690. The summed E-state index contributed by atoms with van der Waals surface area (Å²) in [6.45, 7) is 6.66. The first kappa shape index (κ1) is 13.3. The smallest absolute Gasteiger partial charge is 0.132 e. The van der Waals surface area contributed by atoms with Gasteiger partial charge in [-0.1, -0.05) is 13.8 Å². The van der Waals surface area contributed by atoms with E-state index in [1.807, 2.05) is 6.92 Å². The van der Waals surface area contributed by atoms with Gasteiger partial charge in [-0.05, 0) is 38.5 Å². The number of aliphatic hydroxyl groups is 1. The minimum absolute atomic E-state index is 0.484. The van der Waals surface area contributed by atoms with Crippen LogP contribution in [0.1, 0.15) is 44.9 Å². The number of aromatic nitrogens is 2. The zero-order chi connectivity index (χ0) is 13.2. The van der Waals surface area contributed by atoms with Crippen LogP contribution in [0.4, 0.5) is 5.82 Å². The van der Waals surface area contributed by atoms with Crippen molar-refractivity contribution in [3.63, 3.8) is 0 Å². The lowest BCUT2D eigenvalue weighted by atomic mass is 9.94. The lowest BCUT2D eigenvalue weighted by molar-refractivity contribution is 0.0514. The maximum atomic E-state index is 10.3. The Morgan fingerprint density at radius 1 is 1.39 bits per heavy atom. The second-order valence-corrected chi connectivity index (χ2v) is 5.95. The van der Waals surface area contributed by atoms with Crippen LogP contribution in [0.25, 0.3) is 0 Å². The van der Waals surface area contributed by atoms with Gasteiger partial charge in [0, 0.05) is 17.8 Å². The van der Waals surface area contributed by atoms with Crippen molar-refractivity contribution in [2.24, 2.45) is 5.92 Å². The molecule has 0 aromatic carbocycles. The van der Waals surface area contributed by atoms with Crippen molar-refractivity contribution >= 4 is 5.82 Å². The molecule has 1 aliphatic rings. The van der Waals surface area contributed by atoms with Gasteiger partial charge >= 0.3 is 0 Å². The van der Waals surface area contributed by atoms with E-state index in [4.69, 9.17) is 0 Å². The molecule has 1 atom stereocenters. The van der Waals surface area contributed by atoms with Gasteiger partial charge in [-0.3, -0.25) is 0 Å². The van der Waals surface area contributed by atoms with Crippen molar-refractivity contribution in [1.82, 2.24) is 9.97 Å². The van der Waals surface area contributed by atoms with Crippen LogP contribution in [0.15, 0.2) is 6.33 Å². The van der Waals surface area contributed by atoms with Gasteiger partial charge in [-0.2, -0.15) is 0 Å². The summed E-state index contributed by atoms with van der Waals surface area (Å²) in [6.07, 6.45) is 5.65. The van der Waals surface area contributed by atoms with Crippen molar-refractivity contribution in [2.45, 2.75) is 52.1 Å². The average Bonchev–Trinajstić information content (AvgIpc) is 2.72. The SMILES string of the molecule is CC(C)CC(C)(O)CNc1ncnc2c1CCC2. The highest BCUT2D eigenvalue weighted by Gasteiger charge is 2.23. The zero-order valence-corrected chi connectivity index (χ0v) is 11.5. The first-order valence-electron chi connectivity index (χ1n) is 6.77. The van der Waals surface area contributed by atoms with Crippen molar-refractivity contribution in [3.8, 4) is 0 Å². The van der Waals surface area contributed by atoms with Crippen LogP contribution in [0.5, 0.6) is 0 Å². The summed E-state index contributed by atoms with van der Waals surface area (Å²) < 4.78 is 0. The number of fused-ring (bicyclic) bond motifs is 1. The molecule has 1 unspecified atom stereocenters. The summed E-state index contributed by atoms with van der Waals surface area (Å²) in [5.41, 5.74) is 1.71. The number of hydrogen-bond acceptors (Lipinski definition) is 4. The highest BCUT2D eigenvalue weighted by molar-refractivity contribution is 5.48. The molecule has 0 saturated heterocycles. The predicted octanol–water partition coefficient (Wildman–Crippen LogP) is 2.17. The summed E-state index contributed by atoms with van der Waals surface area (Å²) in [6, 6.07) is 0. The van der Waals surface area contributed by atoms with Crippen LogP contribution in [0, 0.1) is 5.92 Å². The van der Waals surface area contributed by atoms with Gasteiger partial charge in [0.15, 0.2) is 0 Å². The molecule has 1 aliphatic carbocycles. The summed E-state index contributed by atoms with van der Waals surface area (Å²) in [5, 5.41) is 13.6. The van der Waals surface area contributed by atoms with E-state index < -0.39 is 5.60 Å². The number of rotatable bonds is 5. The molecule has 4 nitrogen and oxygen atoms in total. The van der Waals surface area contributed by atoms with Crippen LogP contribution >= 0.6 is 0 Å². The Bertz CT molecular complexity index is 416. The first-order chi connectivity index (χ1) is 8.48. The molecule has 0 bridgehead atoms. The summed E-state index contributed by atoms with van der Waals surface area (Å²) in [5.74, 6) is 1.39. The maximum Gasteiger partial charge on any atom is 0.132 e. The number of nitrogens with one attached hydrogen (secondary N) is 1. The third-order valence-corrected chi connectivity index (χ3v) is 3.36. The first-order valence-corrected chi connectivity index (χ1v) is 6.77. The molecule has 0 saturated carbocycles. The molecule has 0 radical (unpaired) electrons. The van der Waals surface area contributed by atoms with Gasteiger partial charge in [0.25, 0.3) is 0 Å². The standard InChI is InChI=1S/C14H23N3O/c1-10(2)7-14(3,18)8-15-13-11-5-4-6-12(11)16-9-17-13/h9-10,18H,4-8H2,1-3H3,(H,15,16,17). The molecule has 0 aliphatic heterocycles. The minimum Gasteiger partial charge on any atom is -0.388 e. The molecule has 2 rings (SSSR count). The van der Waals surface area contributed by atoms with Crippen molar-refractivity contribution in [3.05, 3.63) is 17.6 Å². The summed E-state index contributed by atoms with van der Waals surface area (Å²) in [4.78, 5) is 8.60. The molecule has 0 amide bonds. The average molecular weight is 249 g/mol. The van der Waals surface area contributed by atoms with Gasteiger partial charge in [0.2, 0.25) is 0 Å². The van der Waals surface area contributed by atoms with E-state index in [1.54, 1.807) is 6.33 Å². The van der Waals surface area contributed by atoms with E-state index in [2.05, 4.69) is 29.1 Å². The van der Waals surface area contributed by atoms with Crippen LogP contribution in [-0.4, -0.2) is 27.2 Å². The molecular formula is C14H23N3O. The molecule has 1 heterocycles. The van der Waals surface area contributed by atoms with E-state index in [1.165, 1.54) is 5.56 Å². The summed E-state index contributed by atoms with van der Waals surface area (Å²) >= 11 is 0. The predicted molar refractivity (Wildman–Crippen MR) is 72.6 cm³/mol. The van der Waals surface area contributed by atoms with Gasteiger partial charge < -0.3 is 10.4 Å². The molecule has 1 aromatic rings. The van der Waals surface area contributed by atoms with Gasteiger partial charge in [-0.15, -0.1) is 0 Å². The molecule has 0 spiro atoms. The quantitative estimate of drug-likeness (QED) is 0.839. The monoisotopic (exact) mass is 249 g/mol. The van der Waals surface area contributed by atoms with Crippen molar-refractivity contribution in [2.75, 3.05) is 11.9 Å². The molecule has 1 aromatic heterocycles. The Morgan fingerprint density at radius 3 is 2.89 bits per heavy atom. The third kappa shape index (κ3) is 3.19. The molecular weight excluding hydrogens is 226 g/mol. The Kier molecular flexibility index (Phi) is 3.85. The van der Waals surface area contributed by atoms with E-state index >= 15 is 0 Å². The van der Waals surface area contributed by atoms with E-state index in [0.29, 0.717) is 12.5 Å². The third-order valence-electron chi connectivity index (χ3n) is 3.36. The molecule has 18 heavy (non-hydrogen) atoms. The van der Waals surface area contributed by atoms with Gasteiger partial charge in [0.05, 0.1) is 5.60 Å². The Morgan fingerprint density at radius 2 is 2.17 bits per heavy atom. The van der Waals surface area contributed by atoms with Crippen molar-refractivity contribution < 1.29 is 5.11 Å². The number of hydrogen-bond donors (Lipinski definition) is 2. The zero-order valence-electron chi connectivity index (χ0n) is 11.5. The van der Waals surface area contributed by atoms with E-state index in [9.17, 15) is 5.11 Å². The second kappa shape index (κ2) is 5.22. The normalized spacial score (nSPS) is 17.6. The van der Waals surface area contributed by atoms with Crippen LogP contribution in [-0.2, 0) is 12.8 Å². The fourth-order valence-electron chi connectivity index (χ4n) is 2.74. The van der Waals surface area contributed by atoms with E-state index in [0.717, 1.165) is 37.2 Å². The summed E-state index contributed by atoms with van der Waals surface area (Å²) in [7, 11) is 0. The highest BCUT2D eigenvalue weighted by Crippen LogP contribution is 2.26. The highest BCUT2D eigenvalue weighted by atomic mass is 16.3. The van der Waals surface area contributed by atoms with Crippen molar-refractivity contribution in [1.29, 1.82) is 0 Å². The number of anilines is 1. The fourth-order valence-corrected chi connectivity index (χ4v) is 2.74. The maximum absolute atomic E-state index is 10.3. The largest absolute Gasteiger partial charge is 0.388 e. The van der Waals surface area contributed by atoms with Crippen LogP contribution in [0.3, 0.4) is 0 Å². The Balaban J connectivity index is 2.01.